The molecule has 0 aliphatic carbocycles. The van der Waals surface area contributed by atoms with Crippen molar-refractivity contribution in [3.8, 4) is 0 Å². The molecule has 0 fully saturated rings. The van der Waals surface area contributed by atoms with Crippen LogP contribution in [0.4, 0.5) is 14.4 Å². The summed E-state index contributed by atoms with van der Waals surface area (Å²) in [6.45, 7) is 14.2. The van der Waals surface area contributed by atoms with Gasteiger partial charge in [0.15, 0.2) is 0 Å². The van der Waals surface area contributed by atoms with Gasteiger partial charge in [-0.05, 0) is 67.7 Å². The Morgan fingerprint density at radius 2 is 1.36 bits per heavy atom. The molecule has 50 heavy (non-hydrogen) atoms. The molecule has 3 aromatic rings. The standard InChI is InChI=1S/C23H40N6O6S.2C7H8/c1-16(2)29(6)20(31)28-18(9-12-27-22(33)35-23(3,4)5)19(30)25-10-7-8-11-26-21(32)34-14-17-13-24-15-36-17;2*1-7-5-3-2-4-6-7/h13,15-16,18H,7-12,14H2,1-6H3,(H,25,30)(H,26,32)(H,27,33)(H,28,31);2*2-6H,1H3. The fourth-order valence-corrected chi connectivity index (χ4v) is 4.24. The van der Waals surface area contributed by atoms with Gasteiger partial charge in [-0.2, -0.15) is 0 Å². The number of benzene rings is 2. The van der Waals surface area contributed by atoms with Crippen LogP contribution in [0.3, 0.4) is 0 Å². The van der Waals surface area contributed by atoms with Crippen molar-refractivity contribution in [1.82, 2.24) is 31.2 Å². The van der Waals surface area contributed by atoms with Gasteiger partial charge >= 0.3 is 18.2 Å². The second-order valence-corrected chi connectivity index (χ2v) is 13.7. The average Bonchev–Trinajstić information content (AvgIpc) is 3.59. The predicted molar refractivity (Wildman–Crippen MR) is 199 cm³/mol. The Morgan fingerprint density at radius 1 is 0.820 bits per heavy atom. The summed E-state index contributed by atoms with van der Waals surface area (Å²) in [4.78, 5) is 55.0. The number of ether oxygens (including phenoxy) is 2. The number of nitrogens with zero attached hydrogens (tertiary/aromatic N) is 2. The van der Waals surface area contributed by atoms with Gasteiger partial charge in [-0.1, -0.05) is 71.8 Å². The van der Waals surface area contributed by atoms with Crippen LogP contribution in [0.1, 0.15) is 69.9 Å². The monoisotopic (exact) mass is 712 g/mol. The third kappa shape index (κ3) is 22.1. The summed E-state index contributed by atoms with van der Waals surface area (Å²) in [6, 6.07) is 19.3. The topological polar surface area (TPSA) is 151 Å². The van der Waals surface area contributed by atoms with Crippen LogP contribution in [0.25, 0.3) is 0 Å². The summed E-state index contributed by atoms with van der Waals surface area (Å²) < 4.78 is 10.3. The maximum Gasteiger partial charge on any atom is 0.407 e. The Morgan fingerprint density at radius 3 is 1.82 bits per heavy atom. The zero-order valence-electron chi connectivity index (χ0n) is 30.8. The van der Waals surface area contributed by atoms with E-state index in [1.807, 2.05) is 50.2 Å². The number of aryl methyl sites for hydroxylation is 2. The maximum absolute atomic E-state index is 12.7. The molecule has 0 aliphatic heterocycles. The van der Waals surface area contributed by atoms with Gasteiger partial charge < -0.3 is 35.6 Å². The van der Waals surface area contributed by atoms with Gasteiger partial charge in [0.05, 0.1) is 10.4 Å². The number of amides is 5. The summed E-state index contributed by atoms with van der Waals surface area (Å²) in [7, 11) is 1.64. The molecule has 0 spiro atoms. The fraction of sp³-hybridized carbons (Fsp3) is 0.486. The van der Waals surface area contributed by atoms with Gasteiger partial charge in [-0.15, -0.1) is 11.3 Å². The molecule has 0 saturated carbocycles. The summed E-state index contributed by atoms with van der Waals surface area (Å²) in [5.41, 5.74) is 3.67. The van der Waals surface area contributed by atoms with Crippen molar-refractivity contribution in [2.75, 3.05) is 26.7 Å². The Balaban J connectivity index is 0.000000724. The molecule has 3 rings (SSSR count). The normalized spacial score (nSPS) is 11.0. The Bertz CT molecular complexity index is 1330. The van der Waals surface area contributed by atoms with Gasteiger partial charge in [-0.25, -0.2) is 14.4 Å². The Labute approximate surface area is 301 Å². The van der Waals surface area contributed by atoms with E-state index in [0.29, 0.717) is 25.9 Å². The first kappa shape index (κ1) is 43.4. The van der Waals surface area contributed by atoms with Crippen molar-refractivity contribution in [2.24, 2.45) is 0 Å². The minimum Gasteiger partial charge on any atom is -0.444 e. The van der Waals surface area contributed by atoms with Crippen LogP contribution >= 0.6 is 11.3 Å². The molecule has 0 aliphatic rings. The number of hydrogen-bond donors (Lipinski definition) is 4. The predicted octanol–water partition coefficient (Wildman–Crippen LogP) is 6.59. The van der Waals surface area contributed by atoms with Crippen molar-refractivity contribution >= 4 is 35.5 Å². The number of hydrogen-bond acceptors (Lipinski definition) is 8. The Hall–Kier alpha value is -4.65. The number of alkyl carbamates (subject to hydrolysis) is 2. The summed E-state index contributed by atoms with van der Waals surface area (Å²) in [5.74, 6) is -0.358. The average molecular weight is 713 g/mol. The van der Waals surface area contributed by atoms with Crippen LogP contribution in [0.5, 0.6) is 0 Å². The lowest BCUT2D eigenvalue weighted by molar-refractivity contribution is -0.123. The molecule has 5 amide bonds. The van der Waals surface area contributed by atoms with E-state index in [0.717, 1.165) is 4.88 Å². The molecule has 1 heterocycles. The molecule has 1 unspecified atom stereocenters. The minimum absolute atomic E-state index is 0.0465. The molecule has 276 valence electrons. The SMILES string of the molecule is CC(C)N(C)C(=O)NC(CCNC(=O)OC(C)(C)C)C(=O)NCCCCNC(=O)OCc1cncs1.Cc1ccccc1.Cc1ccccc1. The van der Waals surface area contributed by atoms with E-state index in [1.165, 1.54) is 27.4 Å². The van der Waals surface area contributed by atoms with E-state index < -0.39 is 23.8 Å². The summed E-state index contributed by atoms with van der Waals surface area (Å²) in [5, 5.41) is 10.8. The molecular formula is C37H56N6O6S. The highest BCUT2D eigenvalue weighted by Crippen LogP contribution is 2.07. The molecule has 0 bridgehead atoms. The summed E-state index contributed by atoms with van der Waals surface area (Å²) in [6.07, 6.45) is 1.97. The van der Waals surface area contributed by atoms with Crippen molar-refractivity contribution in [2.45, 2.75) is 92.0 Å². The maximum atomic E-state index is 12.7. The second-order valence-electron chi connectivity index (χ2n) is 12.7. The molecule has 0 radical (unpaired) electrons. The van der Waals surface area contributed by atoms with Gasteiger partial charge in [0.1, 0.15) is 18.2 Å². The second kappa shape index (κ2) is 24.5. The number of rotatable bonds is 13. The number of unbranched alkanes of at least 4 members (excludes halogenated alkanes) is 1. The van der Waals surface area contributed by atoms with Crippen LogP contribution in [-0.4, -0.2) is 78.4 Å². The third-order valence-corrected chi connectivity index (χ3v) is 7.45. The molecular weight excluding hydrogens is 657 g/mol. The van der Waals surface area contributed by atoms with Gasteiger partial charge in [0.25, 0.3) is 0 Å². The first-order valence-corrected chi connectivity index (χ1v) is 17.6. The zero-order chi connectivity index (χ0) is 37.4. The van der Waals surface area contributed by atoms with Crippen molar-refractivity contribution in [3.63, 3.8) is 0 Å². The number of aromatic nitrogens is 1. The van der Waals surface area contributed by atoms with E-state index in [4.69, 9.17) is 9.47 Å². The highest BCUT2D eigenvalue weighted by atomic mass is 32.1. The molecule has 2 aromatic carbocycles. The molecule has 0 saturated heterocycles. The van der Waals surface area contributed by atoms with E-state index in [2.05, 4.69) is 64.4 Å². The molecule has 12 nitrogen and oxygen atoms in total. The van der Waals surface area contributed by atoms with E-state index in [-0.39, 0.29) is 37.6 Å². The van der Waals surface area contributed by atoms with Gasteiger partial charge in [0, 0.05) is 38.9 Å². The third-order valence-electron chi connectivity index (χ3n) is 6.69. The molecule has 1 atom stereocenters. The van der Waals surface area contributed by atoms with Crippen LogP contribution in [0.2, 0.25) is 0 Å². The fourth-order valence-electron chi connectivity index (χ4n) is 3.73. The van der Waals surface area contributed by atoms with Crippen molar-refractivity contribution in [3.05, 3.63) is 88.4 Å². The van der Waals surface area contributed by atoms with Crippen molar-refractivity contribution < 1.29 is 28.7 Å². The lowest BCUT2D eigenvalue weighted by Gasteiger charge is -2.26. The lowest BCUT2D eigenvalue weighted by atomic mass is 10.2. The van der Waals surface area contributed by atoms with Crippen LogP contribution in [0.15, 0.2) is 72.4 Å². The zero-order valence-corrected chi connectivity index (χ0v) is 31.6. The largest absolute Gasteiger partial charge is 0.444 e. The summed E-state index contributed by atoms with van der Waals surface area (Å²) >= 11 is 1.41. The molecule has 1 aromatic heterocycles. The number of carbonyl (C=O) groups is 4. The smallest absolute Gasteiger partial charge is 0.407 e. The number of nitrogens with one attached hydrogen (secondary N) is 4. The van der Waals surface area contributed by atoms with E-state index in [9.17, 15) is 19.2 Å². The minimum atomic E-state index is -0.839. The van der Waals surface area contributed by atoms with Crippen LogP contribution < -0.4 is 21.3 Å². The van der Waals surface area contributed by atoms with Gasteiger partial charge in [0.2, 0.25) is 5.91 Å². The van der Waals surface area contributed by atoms with E-state index in [1.54, 1.807) is 39.5 Å². The van der Waals surface area contributed by atoms with Gasteiger partial charge in [-0.3, -0.25) is 9.78 Å². The molecule has 4 N–H and O–H groups in total. The van der Waals surface area contributed by atoms with Crippen LogP contribution in [-0.2, 0) is 20.9 Å². The Kier molecular flexibility index (Phi) is 21.2. The first-order valence-electron chi connectivity index (χ1n) is 16.8. The highest BCUT2D eigenvalue weighted by Gasteiger charge is 2.24. The van der Waals surface area contributed by atoms with E-state index >= 15 is 0 Å². The quantitative estimate of drug-likeness (QED) is 0.146. The van der Waals surface area contributed by atoms with Crippen molar-refractivity contribution in [1.29, 1.82) is 0 Å². The number of urea groups is 1. The van der Waals surface area contributed by atoms with Crippen LogP contribution in [0, 0.1) is 13.8 Å². The first-order chi connectivity index (χ1) is 23.7. The highest BCUT2D eigenvalue weighted by molar-refractivity contribution is 7.09. The molecule has 13 heteroatoms. The number of thiazole rings is 1. The lowest BCUT2D eigenvalue weighted by Crippen LogP contribution is -2.52. The number of carbonyl (C=O) groups excluding carboxylic acids is 4.